The molecule has 0 N–H and O–H groups in total. The summed E-state index contributed by atoms with van der Waals surface area (Å²) in [7, 11) is 0. The van der Waals surface area contributed by atoms with Crippen molar-refractivity contribution in [3.8, 4) is 0 Å². The molecule has 2 amide bonds. The summed E-state index contributed by atoms with van der Waals surface area (Å²) < 4.78 is 19.4. The van der Waals surface area contributed by atoms with Crippen molar-refractivity contribution in [1.29, 1.82) is 0 Å². The molecule has 1 spiro atoms. The lowest BCUT2D eigenvalue weighted by Gasteiger charge is -2.47. The van der Waals surface area contributed by atoms with Crippen molar-refractivity contribution >= 4 is 17.5 Å². The molecule has 2 aliphatic heterocycles. The van der Waals surface area contributed by atoms with Gasteiger partial charge in [0.25, 0.3) is 5.91 Å². The van der Waals surface area contributed by atoms with Crippen molar-refractivity contribution in [2.45, 2.75) is 39.2 Å². The summed E-state index contributed by atoms with van der Waals surface area (Å²) in [5, 5.41) is 0. The molecule has 0 aromatic heterocycles. The Kier molecular flexibility index (Phi) is 4.58. The van der Waals surface area contributed by atoms with Crippen LogP contribution in [0.2, 0.25) is 0 Å². The van der Waals surface area contributed by atoms with Crippen LogP contribution in [0.1, 0.15) is 33.6 Å². The number of amides is 2. The van der Waals surface area contributed by atoms with E-state index >= 15 is 0 Å². The van der Waals surface area contributed by atoms with E-state index < -0.39 is 11.0 Å². The fourth-order valence-electron chi connectivity index (χ4n) is 3.49. The van der Waals surface area contributed by atoms with E-state index in [1.165, 1.54) is 12.1 Å². The number of rotatable bonds is 1. The Morgan fingerprint density at radius 2 is 1.92 bits per heavy atom. The minimum Gasteiger partial charge on any atom is -0.363 e. The van der Waals surface area contributed by atoms with Gasteiger partial charge in [-0.15, -0.1) is 0 Å². The van der Waals surface area contributed by atoms with Gasteiger partial charge in [-0.2, -0.15) is 0 Å². The van der Waals surface area contributed by atoms with Crippen LogP contribution in [-0.2, 0) is 14.3 Å². The highest BCUT2D eigenvalue weighted by molar-refractivity contribution is 5.95. The lowest BCUT2D eigenvalue weighted by Crippen LogP contribution is -2.60. The molecular weight excluding hydrogens is 323 g/mol. The van der Waals surface area contributed by atoms with Gasteiger partial charge in [-0.1, -0.05) is 26.8 Å². The van der Waals surface area contributed by atoms with Crippen LogP contribution >= 0.6 is 0 Å². The lowest BCUT2D eigenvalue weighted by molar-refractivity contribution is -0.154. The van der Waals surface area contributed by atoms with Crippen LogP contribution in [0.4, 0.5) is 10.1 Å². The molecule has 0 aliphatic carbocycles. The number of anilines is 1. The second-order valence-electron chi connectivity index (χ2n) is 7.97. The van der Waals surface area contributed by atoms with E-state index in [1.54, 1.807) is 17.0 Å². The molecule has 3 rings (SSSR count). The Morgan fingerprint density at radius 3 is 2.52 bits per heavy atom. The van der Waals surface area contributed by atoms with Crippen LogP contribution in [0.3, 0.4) is 0 Å². The van der Waals surface area contributed by atoms with E-state index in [-0.39, 0.29) is 24.2 Å². The number of hydrogen-bond acceptors (Lipinski definition) is 3. The van der Waals surface area contributed by atoms with E-state index in [0.29, 0.717) is 38.2 Å². The smallest absolute Gasteiger partial charge is 0.253 e. The third kappa shape index (κ3) is 3.68. The van der Waals surface area contributed by atoms with Crippen molar-refractivity contribution in [3.63, 3.8) is 0 Å². The molecule has 5 nitrogen and oxygen atoms in total. The third-order valence-electron chi connectivity index (χ3n) is 4.97. The van der Waals surface area contributed by atoms with Crippen LogP contribution in [-0.4, -0.2) is 48.6 Å². The van der Waals surface area contributed by atoms with E-state index in [9.17, 15) is 14.0 Å². The summed E-state index contributed by atoms with van der Waals surface area (Å²) in [5.74, 6) is -0.392. The van der Waals surface area contributed by atoms with Gasteiger partial charge in [0.1, 0.15) is 12.4 Å². The number of piperidine rings is 1. The highest BCUT2D eigenvalue weighted by Crippen LogP contribution is 2.34. The standard InChI is InChI=1S/C19H25FN2O3/c1-18(2,3)17(24)21-9-7-19(8-10-21)13-22(16(23)12-25-19)15-6-4-5-14(20)11-15/h4-6,11H,7-10,12-13H2,1-3H3. The number of likely N-dealkylation sites (tertiary alicyclic amines) is 1. The Morgan fingerprint density at radius 1 is 1.24 bits per heavy atom. The van der Waals surface area contributed by atoms with Crippen LogP contribution in [0.5, 0.6) is 0 Å². The van der Waals surface area contributed by atoms with Crippen molar-refractivity contribution in [2.75, 3.05) is 31.1 Å². The number of hydrogen-bond donors (Lipinski definition) is 0. The van der Waals surface area contributed by atoms with E-state index in [4.69, 9.17) is 4.74 Å². The van der Waals surface area contributed by atoms with Gasteiger partial charge in [0.15, 0.2) is 0 Å². The van der Waals surface area contributed by atoms with Crippen molar-refractivity contribution in [1.82, 2.24) is 4.90 Å². The number of ether oxygens (including phenoxy) is 1. The topological polar surface area (TPSA) is 49.9 Å². The second kappa shape index (κ2) is 6.41. The summed E-state index contributed by atoms with van der Waals surface area (Å²) in [6.07, 6.45) is 1.35. The zero-order chi connectivity index (χ0) is 18.2. The first kappa shape index (κ1) is 17.9. The average Bonchev–Trinajstić information content (AvgIpc) is 2.57. The SMILES string of the molecule is CC(C)(C)C(=O)N1CCC2(CC1)CN(c1cccc(F)c1)C(=O)CO2. The van der Waals surface area contributed by atoms with E-state index in [0.717, 1.165) is 0 Å². The lowest BCUT2D eigenvalue weighted by atomic mass is 9.87. The molecule has 6 heteroatoms. The molecule has 0 atom stereocenters. The van der Waals surface area contributed by atoms with Gasteiger partial charge in [0.2, 0.25) is 5.91 Å². The van der Waals surface area contributed by atoms with Crippen LogP contribution < -0.4 is 4.90 Å². The Hall–Kier alpha value is -1.95. The Balaban J connectivity index is 1.72. The highest BCUT2D eigenvalue weighted by atomic mass is 19.1. The fourth-order valence-corrected chi connectivity index (χ4v) is 3.49. The first-order valence-corrected chi connectivity index (χ1v) is 8.70. The fraction of sp³-hybridized carbons (Fsp3) is 0.579. The average molecular weight is 348 g/mol. The molecule has 2 aliphatic rings. The molecule has 2 saturated heterocycles. The number of benzene rings is 1. The summed E-state index contributed by atoms with van der Waals surface area (Å²) >= 11 is 0. The minimum atomic E-state index is -0.463. The van der Waals surface area contributed by atoms with Gasteiger partial charge < -0.3 is 14.5 Å². The van der Waals surface area contributed by atoms with Gasteiger partial charge in [0.05, 0.1) is 12.1 Å². The monoisotopic (exact) mass is 348 g/mol. The summed E-state index contributed by atoms with van der Waals surface area (Å²) in [6.45, 7) is 7.36. The predicted octanol–water partition coefficient (Wildman–Crippen LogP) is 2.60. The van der Waals surface area contributed by atoms with Gasteiger partial charge >= 0.3 is 0 Å². The largest absolute Gasteiger partial charge is 0.363 e. The van der Waals surface area contributed by atoms with Gasteiger partial charge in [0, 0.05) is 24.2 Å². The summed E-state index contributed by atoms with van der Waals surface area (Å²) in [5.41, 5.74) is -0.308. The molecule has 0 saturated carbocycles. The predicted molar refractivity (Wildman–Crippen MR) is 92.7 cm³/mol. The zero-order valence-corrected chi connectivity index (χ0v) is 15.0. The summed E-state index contributed by atoms with van der Waals surface area (Å²) in [6, 6.07) is 6.07. The first-order valence-electron chi connectivity index (χ1n) is 8.70. The van der Waals surface area contributed by atoms with Crippen molar-refractivity contribution in [3.05, 3.63) is 30.1 Å². The highest BCUT2D eigenvalue weighted by Gasteiger charge is 2.44. The molecule has 1 aromatic carbocycles. The number of nitrogens with zero attached hydrogens (tertiary/aromatic N) is 2. The second-order valence-corrected chi connectivity index (χ2v) is 7.97. The molecule has 136 valence electrons. The van der Waals surface area contributed by atoms with Crippen LogP contribution in [0.15, 0.2) is 24.3 Å². The zero-order valence-electron chi connectivity index (χ0n) is 15.0. The van der Waals surface area contributed by atoms with E-state index in [2.05, 4.69) is 0 Å². The molecule has 2 heterocycles. The molecule has 0 unspecified atom stereocenters. The maximum absolute atomic E-state index is 13.5. The normalized spacial score (nSPS) is 20.9. The van der Waals surface area contributed by atoms with Gasteiger partial charge in [-0.05, 0) is 31.0 Å². The maximum atomic E-state index is 13.5. The van der Waals surface area contributed by atoms with E-state index in [1.807, 2.05) is 25.7 Å². The molecule has 1 aromatic rings. The third-order valence-corrected chi connectivity index (χ3v) is 4.97. The van der Waals surface area contributed by atoms with Crippen molar-refractivity contribution in [2.24, 2.45) is 5.41 Å². The Labute approximate surface area is 147 Å². The Bertz CT molecular complexity index is 675. The number of carbonyl (C=O) groups is 2. The maximum Gasteiger partial charge on any atom is 0.253 e. The molecule has 0 radical (unpaired) electrons. The quantitative estimate of drug-likeness (QED) is 0.784. The van der Waals surface area contributed by atoms with Crippen LogP contribution in [0.25, 0.3) is 0 Å². The molecule has 0 bridgehead atoms. The first-order chi connectivity index (χ1) is 11.7. The molecule has 2 fully saturated rings. The number of morpholine rings is 1. The van der Waals surface area contributed by atoms with Crippen molar-refractivity contribution < 1.29 is 18.7 Å². The van der Waals surface area contributed by atoms with Gasteiger partial charge in [-0.3, -0.25) is 9.59 Å². The minimum absolute atomic E-state index is 0.0102. The van der Waals surface area contributed by atoms with Crippen LogP contribution in [0, 0.1) is 11.2 Å². The number of carbonyl (C=O) groups excluding carboxylic acids is 2. The molecule has 25 heavy (non-hydrogen) atoms. The van der Waals surface area contributed by atoms with Gasteiger partial charge in [-0.25, -0.2) is 4.39 Å². The molecular formula is C19H25FN2O3. The summed E-state index contributed by atoms with van der Waals surface area (Å²) in [4.78, 5) is 28.2. The number of halogens is 1.